The van der Waals surface area contributed by atoms with Crippen molar-refractivity contribution in [3.05, 3.63) is 60.9 Å². The molecule has 0 fully saturated rings. The van der Waals surface area contributed by atoms with E-state index in [1.165, 1.54) is 4.90 Å². The van der Waals surface area contributed by atoms with Crippen molar-refractivity contribution >= 4 is 17.6 Å². The molecule has 2 rings (SSSR count). The summed E-state index contributed by atoms with van der Waals surface area (Å²) < 4.78 is 12.3. The van der Waals surface area contributed by atoms with E-state index in [-0.39, 0.29) is 25.0 Å². The number of urea groups is 1. The third-order valence-electron chi connectivity index (χ3n) is 4.61. The molecular formula is C22H30N4O4. The van der Waals surface area contributed by atoms with Crippen LogP contribution in [0.4, 0.5) is 10.5 Å². The number of benzene rings is 1. The van der Waals surface area contributed by atoms with Crippen LogP contribution < -0.4 is 10.1 Å². The van der Waals surface area contributed by atoms with Crippen molar-refractivity contribution in [2.24, 2.45) is 7.05 Å². The smallest absolute Gasteiger partial charge is 0.322 e. The molecular weight excluding hydrogens is 384 g/mol. The van der Waals surface area contributed by atoms with Crippen molar-refractivity contribution in [3.63, 3.8) is 0 Å². The highest BCUT2D eigenvalue weighted by Gasteiger charge is 2.21. The number of carbonyl (C=O) groups excluding carboxylic acids is 2. The van der Waals surface area contributed by atoms with E-state index in [4.69, 9.17) is 9.47 Å². The largest absolute Gasteiger partial charge is 0.497 e. The predicted octanol–water partition coefficient (Wildman–Crippen LogP) is 2.73. The molecule has 2 aromatic rings. The first-order valence-electron chi connectivity index (χ1n) is 9.66. The van der Waals surface area contributed by atoms with Gasteiger partial charge in [-0.25, -0.2) is 4.79 Å². The summed E-state index contributed by atoms with van der Waals surface area (Å²) in [6.07, 6.45) is 3.52. The number of aryl methyl sites for hydroxylation is 1. The van der Waals surface area contributed by atoms with Gasteiger partial charge in [0.2, 0.25) is 5.91 Å². The third kappa shape index (κ3) is 6.66. The molecule has 1 N–H and O–H groups in total. The molecule has 8 heteroatoms. The second-order valence-electron chi connectivity index (χ2n) is 6.75. The Balaban J connectivity index is 2.08. The minimum absolute atomic E-state index is 0.0735. The maximum atomic E-state index is 13.0. The zero-order valence-corrected chi connectivity index (χ0v) is 17.8. The van der Waals surface area contributed by atoms with E-state index in [1.54, 1.807) is 49.5 Å². The average molecular weight is 415 g/mol. The number of anilines is 1. The zero-order chi connectivity index (χ0) is 21.9. The predicted molar refractivity (Wildman–Crippen MR) is 116 cm³/mol. The standard InChI is InChI=1S/C22H30N4O4/c1-5-11-26(22(28)23-18-8-6-10-20(15-18)30-4)17-21(27)25(13-14-29-3)16-19-9-7-12-24(19)2/h5-10,12,15H,1,11,13-14,16-17H2,2-4H3,(H,23,28). The number of methoxy groups -OCH3 is 2. The molecule has 1 aromatic carbocycles. The number of rotatable bonds is 11. The van der Waals surface area contributed by atoms with E-state index in [1.807, 2.05) is 29.9 Å². The summed E-state index contributed by atoms with van der Waals surface area (Å²) in [7, 11) is 5.08. The lowest BCUT2D eigenvalue weighted by atomic mass is 10.3. The summed E-state index contributed by atoms with van der Waals surface area (Å²) in [5.74, 6) is 0.461. The van der Waals surface area contributed by atoms with Crippen molar-refractivity contribution < 1.29 is 19.1 Å². The highest BCUT2D eigenvalue weighted by Crippen LogP contribution is 2.17. The lowest BCUT2D eigenvalue weighted by Gasteiger charge is -2.27. The number of nitrogens with one attached hydrogen (secondary N) is 1. The first kappa shape index (κ1) is 23.0. The van der Waals surface area contributed by atoms with Crippen LogP contribution in [-0.4, -0.2) is 66.8 Å². The first-order valence-corrected chi connectivity index (χ1v) is 9.66. The van der Waals surface area contributed by atoms with E-state index in [2.05, 4.69) is 11.9 Å². The van der Waals surface area contributed by atoms with Crippen LogP contribution in [0.2, 0.25) is 0 Å². The summed E-state index contributed by atoms with van der Waals surface area (Å²) >= 11 is 0. The van der Waals surface area contributed by atoms with Crippen molar-refractivity contribution in [1.29, 1.82) is 0 Å². The van der Waals surface area contributed by atoms with Gasteiger partial charge in [0.1, 0.15) is 12.3 Å². The number of carbonyl (C=O) groups is 2. The van der Waals surface area contributed by atoms with E-state index in [0.717, 1.165) is 5.69 Å². The van der Waals surface area contributed by atoms with Crippen LogP contribution in [0, 0.1) is 0 Å². The van der Waals surface area contributed by atoms with Gasteiger partial charge in [0.05, 0.1) is 20.3 Å². The normalized spacial score (nSPS) is 10.4. The molecule has 0 aliphatic carbocycles. The summed E-state index contributed by atoms with van der Waals surface area (Å²) in [5.41, 5.74) is 1.58. The molecule has 0 unspecified atom stereocenters. The number of ether oxygens (including phenoxy) is 2. The number of amides is 3. The molecule has 0 saturated heterocycles. The maximum absolute atomic E-state index is 13.0. The Morgan fingerprint density at radius 3 is 2.63 bits per heavy atom. The average Bonchev–Trinajstić information content (AvgIpc) is 3.15. The van der Waals surface area contributed by atoms with Gasteiger partial charge in [0, 0.05) is 50.9 Å². The Bertz CT molecular complexity index is 849. The summed E-state index contributed by atoms with van der Waals surface area (Å²) in [6, 6.07) is 10.5. The molecule has 0 atom stereocenters. The molecule has 30 heavy (non-hydrogen) atoms. The van der Waals surface area contributed by atoms with E-state index in [0.29, 0.717) is 31.1 Å². The van der Waals surface area contributed by atoms with Crippen LogP contribution in [0.5, 0.6) is 5.75 Å². The summed E-state index contributed by atoms with van der Waals surface area (Å²) in [5, 5.41) is 2.80. The Hall–Kier alpha value is -3.26. The zero-order valence-electron chi connectivity index (χ0n) is 17.8. The Kier molecular flexibility index (Phi) is 8.96. The lowest BCUT2D eigenvalue weighted by molar-refractivity contribution is -0.133. The van der Waals surface area contributed by atoms with Gasteiger partial charge < -0.3 is 29.2 Å². The van der Waals surface area contributed by atoms with Gasteiger partial charge in [0.15, 0.2) is 0 Å². The SMILES string of the molecule is C=CCN(CC(=O)N(CCOC)Cc1cccn1C)C(=O)Nc1cccc(OC)c1. The summed E-state index contributed by atoms with van der Waals surface area (Å²) in [4.78, 5) is 28.9. The van der Waals surface area contributed by atoms with Crippen LogP contribution in [0.3, 0.4) is 0 Å². The van der Waals surface area contributed by atoms with Crippen molar-refractivity contribution in [1.82, 2.24) is 14.4 Å². The van der Waals surface area contributed by atoms with Gasteiger partial charge in [-0.05, 0) is 24.3 Å². The van der Waals surface area contributed by atoms with E-state index >= 15 is 0 Å². The quantitative estimate of drug-likeness (QED) is 0.574. The van der Waals surface area contributed by atoms with Crippen LogP contribution in [0.25, 0.3) is 0 Å². The molecule has 8 nitrogen and oxygen atoms in total. The molecule has 0 saturated carbocycles. The van der Waals surface area contributed by atoms with Crippen LogP contribution >= 0.6 is 0 Å². The molecule has 1 aromatic heterocycles. The van der Waals surface area contributed by atoms with Crippen molar-refractivity contribution in [2.75, 3.05) is 45.8 Å². The van der Waals surface area contributed by atoms with Crippen LogP contribution in [-0.2, 0) is 23.1 Å². The fourth-order valence-corrected chi connectivity index (χ4v) is 2.89. The van der Waals surface area contributed by atoms with Crippen molar-refractivity contribution in [2.45, 2.75) is 6.54 Å². The highest BCUT2D eigenvalue weighted by atomic mass is 16.5. The monoisotopic (exact) mass is 414 g/mol. The Morgan fingerprint density at radius 2 is 2.00 bits per heavy atom. The van der Waals surface area contributed by atoms with Crippen molar-refractivity contribution in [3.8, 4) is 5.75 Å². The Labute approximate surface area is 177 Å². The number of aromatic nitrogens is 1. The topological polar surface area (TPSA) is 76.0 Å². The molecule has 0 spiro atoms. The number of nitrogens with zero attached hydrogens (tertiary/aromatic N) is 3. The number of hydrogen-bond donors (Lipinski definition) is 1. The first-order chi connectivity index (χ1) is 14.5. The van der Waals surface area contributed by atoms with Gasteiger partial charge in [-0.1, -0.05) is 12.1 Å². The van der Waals surface area contributed by atoms with Crippen LogP contribution in [0.1, 0.15) is 5.69 Å². The highest BCUT2D eigenvalue weighted by molar-refractivity contribution is 5.92. The maximum Gasteiger partial charge on any atom is 0.322 e. The fraction of sp³-hybridized carbons (Fsp3) is 0.364. The second-order valence-corrected chi connectivity index (χ2v) is 6.75. The van der Waals surface area contributed by atoms with Gasteiger partial charge in [0.25, 0.3) is 0 Å². The van der Waals surface area contributed by atoms with Gasteiger partial charge in [-0.15, -0.1) is 6.58 Å². The molecule has 0 aliphatic rings. The molecule has 0 bridgehead atoms. The van der Waals surface area contributed by atoms with Crippen LogP contribution in [0.15, 0.2) is 55.3 Å². The molecule has 162 valence electrons. The minimum Gasteiger partial charge on any atom is -0.497 e. The lowest BCUT2D eigenvalue weighted by Crippen LogP contribution is -2.45. The van der Waals surface area contributed by atoms with Gasteiger partial charge in [-0.2, -0.15) is 0 Å². The summed E-state index contributed by atoms with van der Waals surface area (Å²) in [6.45, 7) is 5.14. The molecule has 0 aliphatic heterocycles. The molecule has 1 heterocycles. The fourth-order valence-electron chi connectivity index (χ4n) is 2.89. The van der Waals surface area contributed by atoms with Gasteiger partial charge >= 0.3 is 6.03 Å². The molecule has 3 amide bonds. The van der Waals surface area contributed by atoms with E-state index < -0.39 is 0 Å². The Morgan fingerprint density at radius 1 is 1.20 bits per heavy atom. The van der Waals surface area contributed by atoms with Gasteiger partial charge in [-0.3, -0.25) is 4.79 Å². The van der Waals surface area contributed by atoms with E-state index in [9.17, 15) is 9.59 Å². The second kappa shape index (κ2) is 11.7. The molecule has 0 radical (unpaired) electrons. The number of hydrogen-bond acceptors (Lipinski definition) is 4. The third-order valence-corrected chi connectivity index (χ3v) is 4.61. The minimum atomic E-state index is -0.387.